The lowest BCUT2D eigenvalue weighted by Crippen LogP contribution is -2.47. The molecular weight excluding hydrogens is 732 g/mol. The van der Waals surface area contributed by atoms with Crippen LogP contribution in [0.4, 0.5) is 17.6 Å². The molecule has 49 heavy (non-hydrogen) atoms. The fraction of sp³-hybridized carbons (Fsp3) is 0.306. The van der Waals surface area contributed by atoms with Gasteiger partial charge in [-0.15, -0.1) is 0 Å². The summed E-state index contributed by atoms with van der Waals surface area (Å²) in [6.07, 6.45) is 0.989. The van der Waals surface area contributed by atoms with Gasteiger partial charge in [-0.1, -0.05) is 58.4 Å². The molecule has 1 aliphatic rings. The molecule has 7 nitrogen and oxygen atoms in total. The van der Waals surface area contributed by atoms with Crippen molar-refractivity contribution in [3.05, 3.63) is 111 Å². The van der Waals surface area contributed by atoms with Crippen molar-refractivity contribution in [1.82, 2.24) is 10.2 Å². The van der Waals surface area contributed by atoms with E-state index < -0.39 is 47.9 Å². The standard InChI is InChI=1S/C36H36BrClF4N2O5/c1-5-9-28(38)27(19-37)34(44(20-45)15-14-24(6-2)36(40,41)42)35(48)43-29(18-31(47)49-7-3)26-17-23(16-25(33(26)39)22-12-13-22)32-21(4)10-8-11-30(32)46/h5-6,8-11,14-17,19-20,22,29,34,46H,1,7,12-13,18H2,2-4H3,(H,43,48)/b15-14-,24-6+,27-19+,28-9+/t29-,34?/m0/s1. The van der Waals surface area contributed by atoms with Crippen LogP contribution in [0.15, 0.2) is 88.6 Å². The molecule has 13 heteroatoms. The molecule has 2 aromatic carbocycles. The molecule has 1 aliphatic carbocycles. The first-order valence-electron chi connectivity index (χ1n) is 15.2. The van der Waals surface area contributed by atoms with Gasteiger partial charge in [0.05, 0.1) is 24.6 Å². The summed E-state index contributed by atoms with van der Waals surface area (Å²) in [5, 5.41) is 13.3. The number of aryl methyl sites for hydroxylation is 1. The van der Waals surface area contributed by atoms with Crippen molar-refractivity contribution in [2.24, 2.45) is 0 Å². The van der Waals surface area contributed by atoms with Crippen molar-refractivity contribution in [1.29, 1.82) is 0 Å². The van der Waals surface area contributed by atoms with E-state index in [4.69, 9.17) is 16.3 Å². The molecule has 0 aromatic heterocycles. The third kappa shape index (κ3) is 9.95. The number of nitrogens with one attached hydrogen (secondary N) is 1. The number of phenols is 1. The van der Waals surface area contributed by atoms with Crippen molar-refractivity contribution < 1.29 is 41.8 Å². The Morgan fingerprint density at radius 2 is 1.96 bits per heavy atom. The lowest BCUT2D eigenvalue weighted by atomic mass is 9.90. The fourth-order valence-corrected chi connectivity index (χ4v) is 6.12. The molecule has 0 radical (unpaired) electrons. The van der Waals surface area contributed by atoms with Crippen LogP contribution < -0.4 is 5.32 Å². The summed E-state index contributed by atoms with van der Waals surface area (Å²) in [5.41, 5.74) is 0.623. The summed E-state index contributed by atoms with van der Waals surface area (Å²) >= 11 is 9.56. The highest BCUT2D eigenvalue weighted by Crippen LogP contribution is 2.46. The Kier molecular flexibility index (Phi) is 14.0. The van der Waals surface area contributed by atoms with E-state index in [1.807, 2.05) is 0 Å². The quantitative estimate of drug-likeness (QED) is 0.0817. The number of allylic oxidation sites excluding steroid dienone is 5. The number of hydrogen-bond acceptors (Lipinski definition) is 5. The van der Waals surface area contributed by atoms with Crippen LogP contribution in [0.2, 0.25) is 0 Å². The Morgan fingerprint density at radius 1 is 1.27 bits per heavy atom. The molecule has 1 saturated carbocycles. The van der Waals surface area contributed by atoms with Gasteiger partial charge in [-0.25, -0.2) is 4.39 Å². The molecule has 0 heterocycles. The maximum absolute atomic E-state index is 16.4. The van der Waals surface area contributed by atoms with Gasteiger partial charge in [0.1, 0.15) is 17.6 Å². The van der Waals surface area contributed by atoms with Gasteiger partial charge >= 0.3 is 12.1 Å². The van der Waals surface area contributed by atoms with E-state index in [0.717, 1.165) is 19.2 Å². The van der Waals surface area contributed by atoms with Gasteiger partial charge in [0.2, 0.25) is 12.3 Å². The van der Waals surface area contributed by atoms with E-state index in [2.05, 4.69) is 27.8 Å². The average molecular weight is 768 g/mol. The number of nitrogens with zero attached hydrogens (tertiary/aromatic N) is 1. The number of esters is 1. The van der Waals surface area contributed by atoms with E-state index >= 15 is 4.39 Å². The van der Waals surface area contributed by atoms with Crippen molar-refractivity contribution in [2.45, 2.75) is 64.2 Å². The van der Waals surface area contributed by atoms with Crippen LogP contribution in [0.1, 0.15) is 61.8 Å². The molecule has 0 aliphatic heterocycles. The van der Waals surface area contributed by atoms with E-state index in [9.17, 15) is 32.7 Å². The third-order valence-electron chi connectivity index (χ3n) is 7.74. The zero-order valence-electron chi connectivity index (χ0n) is 27.0. The molecule has 1 fully saturated rings. The summed E-state index contributed by atoms with van der Waals surface area (Å²) in [4.78, 5) is 41.3. The molecule has 262 valence electrons. The molecule has 2 N–H and O–H groups in total. The summed E-state index contributed by atoms with van der Waals surface area (Å²) in [5.74, 6) is -2.67. The summed E-state index contributed by atoms with van der Waals surface area (Å²) in [7, 11) is 0. The normalized spacial score (nSPS) is 15.5. The first kappa shape index (κ1) is 39.3. The van der Waals surface area contributed by atoms with Crippen molar-refractivity contribution in [2.75, 3.05) is 6.61 Å². The Balaban J connectivity index is 2.23. The number of aromatic hydroxyl groups is 1. The van der Waals surface area contributed by atoms with Gasteiger partial charge in [-0.05, 0) is 91.6 Å². The summed E-state index contributed by atoms with van der Waals surface area (Å²) in [6, 6.07) is 4.86. The van der Waals surface area contributed by atoms with Gasteiger partial charge < -0.3 is 20.1 Å². The van der Waals surface area contributed by atoms with Gasteiger partial charge in [0.25, 0.3) is 0 Å². The van der Waals surface area contributed by atoms with Gasteiger partial charge in [0.15, 0.2) is 0 Å². The number of alkyl halides is 3. The Bertz CT molecular complexity index is 1680. The number of ether oxygens (including phenoxy) is 1. The predicted molar refractivity (Wildman–Crippen MR) is 184 cm³/mol. The average Bonchev–Trinajstić information content (AvgIpc) is 3.88. The topological polar surface area (TPSA) is 95.9 Å². The highest BCUT2D eigenvalue weighted by atomic mass is 79.9. The van der Waals surface area contributed by atoms with Crippen LogP contribution >= 0.6 is 27.5 Å². The van der Waals surface area contributed by atoms with E-state index in [1.165, 1.54) is 29.3 Å². The number of hydrogen-bond donors (Lipinski definition) is 2. The Labute approximate surface area is 295 Å². The lowest BCUT2D eigenvalue weighted by Gasteiger charge is -2.29. The second kappa shape index (κ2) is 17.5. The number of halogens is 6. The SMILES string of the molecule is C=C/C=C(Cl)\C(=C/Br)C(C(=O)N[C@@H](CC(=O)OCC)c1cc(-c2c(C)cccc2O)cc(C2CC2)c1F)N(C=O)/C=C\C(=C/C)C(F)(F)F. The molecule has 1 unspecified atom stereocenters. The highest BCUT2D eigenvalue weighted by molar-refractivity contribution is 9.11. The van der Waals surface area contributed by atoms with Crippen molar-refractivity contribution in [3.8, 4) is 16.9 Å². The van der Waals surface area contributed by atoms with Crippen molar-refractivity contribution >= 4 is 45.8 Å². The Morgan fingerprint density at radius 3 is 2.49 bits per heavy atom. The number of carbonyl (C=O) groups excluding carboxylic acids is 3. The minimum Gasteiger partial charge on any atom is -0.507 e. The maximum atomic E-state index is 16.4. The number of amides is 2. The van der Waals surface area contributed by atoms with Crippen LogP contribution in [0, 0.1) is 12.7 Å². The molecule has 3 rings (SSSR count). The first-order chi connectivity index (χ1) is 23.2. The zero-order valence-corrected chi connectivity index (χ0v) is 29.3. The monoisotopic (exact) mass is 766 g/mol. The maximum Gasteiger partial charge on any atom is 0.416 e. The smallest absolute Gasteiger partial charge is 0.416 e. The third-order valence-corrected chi connectivity index (χ3v) is 8.58. The first-order valence-corrected chi connectivity index (χ1v) is 16.5. The van der Waals surface area contributed by atoms with Crippen LogP contribution in [-0.4, -0.2) is 47.1 Å². The van der Waals surface area contributed by atoms with Crippen LogP contribution in [0.5, 0.6) is 5.75 Å². The molecule has 2 aromatic rings. The molecule has 0 bridgehead atoms. The van der Waals surface area contributed by atoms with Gasteiger partial charge in [0, 0.05) is 27.9 Å². The Hall–Kier alpha value is -4.16. The van der Waals surface area contributed by atoms with E-state index in [-0.39, 0.29) is 40.9 Å². The summed E-state index contributed by atoms with van der Waals surface area (Å²) < 4.78 is 62.1. The molecule has 0 spiro atoms. The second-order valence-corrected chi connectivity index (χ2v) is 12.0. The molecule has 2 atom stereocenters. The molecular formula is C36H36BrClF4N2O5. The molecule has 0 saturated heterocycles. The number of phenolic OH excluding ortho intramolecular Hbond substituents is 1. The minimum absolute atomic E-state index is 0.0102. The number of carbonyl (C=O) groups is 3. The largest absolute Gasteiger partial charge is 0.507 e. The van der Waals surface area contributed by atoms with Crippen LogP contribution in [0.25, 0.3) is 11.1 Å². The van der Waals surface area contributed by atoms with Gasteiger partial charge in [-0.2, -0.15) is 13.2 Å². The minimum atomic E-state index is -4.76. The second-order valence-electron chi connectivity index (χ2n) is 11.1. The highest BCUT2D eigenvalue weighted by Gasteiger charge is 2.36. The molecule has 2 amide bonds. The van der Waals surface area contributed by atoms with Crippen molar-refractivity contribution in [3.63, 3.8) is 0 Å². The number of benzene rings is 2. The summed E-state index contributed by atoms with van der Waals surface area (Å²) in [6.45, 7) is 8.05. The van der Waals surface area contributed by atoms with E-state index in [0.29, 0.717) is 46.1 Å². The van der Waals surface area contributed by atoms with Crippen LogP contribution in [0.3, 0.4) is 0 Å². The zero-order chi connectivity index (χ0) is 36.5. The van der Waals surface area contributed by atoms with Crippen LogP contribution in [-0.2, 0) is 19.1 Å². The van der Waals surface area contributed by atoms with Gasteiger partial charge in [-0.3, -0.25) is 14.4 Å². The predicted octanol–water partition coefficient (Wildman–Crippen LogP) is 8.93. The lowest BCUT2D eigenvalue weighted by molar-refractivity contribution is -0.144. The number of rotatable bonds is 15. The van der Waals surface area contributed by atoms with E-state index in [1.54, 1.807) is 32.0 Å². The fourth-order valence-electron chi connectivity index (χ4n) is 5.25.